The molecule has 190 valence electrons. The summed E-state index contributed by atoms with van der Waals surface area (Å²) in [5.74, 6) is -0.187. The predicted molar refractivity (Wildman–Crippen MR) is 107 cm³/mol. The number of nitrogens with one attached hydrogen (secondary N) is 1. The minimum absolute atomic E-state index is 0.228. The molecule has 0 amide bonds. The van der Waals surface area contributed by atoms with E-state index in [0.717, 1.165) is 5.69 Å². The Morgan fingerprint density at radius 3 is 2.37 bits per heavy atom. The number of aliphatic hydroxyl groups excluding tert-OH is 1. The van der Waals surface area contributed by atoms with E-state index in [0.29, 0.717) is 17.5 Å². The number of benzene rings is 1. The van der Waals surface area contributed by atoms with Gasteiger partial charge in [-0.15, -0.1) is 0 Å². The quantitative estimate of drug-likeness (QED) is 0.426. The minimum Gasteiger partial charge on any atom is -0.494 e. The van der Waals surface area contributed by atoms with Crippen LogP contribution < -0.4 is 10.1 Å². The Kier molecular flexibility index (Phi) is 7.50. The maximum atomic E-state index is 13.1. The Bertz CT molecular complexity index is 1170. The second-order valence-electron chi connectivity index (χ2n) is 7.15. The first-order valence-electron chi connectivity index (χ1n) is 9.69. The summed E-state index contributed by atoms with van der Waals surface area (Å²) in [4.78, 5) is 11.5. The molecule has 2 N–H and O–H groups in total. The number of hydrogen-bond donors (Lipinski definition) is 2. The van der Waals surface area contributed by atoms with E-state index in [-0.39, 0.29) is 5.69 Å². The van der Waals surface area contributed by atoms with Crippen LogP contribution in [0.5, 0.6) is 5.75 Å². The number of alkyl halides is 7. The van der Waals surface area contributed by atoms with Crippen LogP contribution in [0.2, 0.25) is 0 Å². The van der Waals surface area contributed by atoms with Crippen LogP contribution in [0, 0.1) is 6.92 Å². The standard InChI is InChI=1S/C20H18F7N5O3/c1-10-7-32(9-28-10)14-4-3-11(6-15(14)34-2)29-18-30-12(8-35-17(21)20(25,26)27)5-13(31-18)16(33)19(22,23)24/h3-7,9,16-17,33H,8H2,1-2H3,(H,29,30,31). The van der Waals surface area contributed by atoms with E-state index in [1.165, 1.54) is 25.6 Å². The third-order valence-corrected chi connectivity index (χ3v) is 4.45. The fourth-order valence-corrected chi connectivity index (χ4v) is 2.86. The molecule has 0 fully saturated rings. The lowest BCUT2D eigenvalue weighted by Crippen LogP contribution is -2.27. The molecule has 35 heavy (non-hydrogen) atoms. The van der Waals surface area contributed by atoms with Crippen molar-refractivity contribution in [2.45, 2.75) is 38.3 Å². The topological polar surface area (TPSA) is 94.3 Å². The zero-order valence-electron chi connectivity index (χ0n) is 18.0. The van der Waals surface area contributed by atoms with Crippen molar-refractivity contribution in [1.29, 1.82) is 0 Å². The molecular formula is C20H18F7N5O3. The highest BCUT2D eigenvalue weighted by Gasteiger charge is 2.42. The largest absolute Gasteiger partial charge is 0.494 e. The highest BCUT2D eigenvalue weighted by atomic mass is 19.4. The summed E-state index contributed by atoms with van der Waals surface area (Å²) in [6.45, 7) is 0.636. The van der Waals surface area contributed by atoms with Gasteiger partial charge in [-0.1, -0.05) is 0 Å². The third-order valence-electron chi connectivity index (χ3n) is 4.45. The van der Waals surface area contributed by atoms with E-state index in [1.54, 1.807) is 23.8 Å². The first kappa shape index (κ1) is 26.2. The van der Waals surface area contributed by atoms with E-state index in [4.69, 9.17) is 4.74 Å². The highest BCUT2D eigenvalue weighted by Crippen LogP contribution is 2.33. The third kappa shape index (κ3) is 6.57. The second kappa shape index (κ2) is 10.0. The van der Waals surface area contributed by atoms with Gasteiger partial charge in [0.2, 0.25) is 5.95 Å². The monoisotopic (exact) mass is 509 g/mol. The van der Waals surface area contributed by atoms with Crippen molar-refractivity contribution in [3.05, 3.63) is 53.9 Å². The van der Waals surface area contributed by atoms with Crippen molar-refractivity contribution < 1.29 is 45.3 Å². The highest BCUT2D eigenvalue weighted by molar-refractivity contribution is 5.62. The molecule has 3 aromatic rings. The van der Waals surface area contributed by atoms with E-state index >= 15 is 0 Å². The zero-order chi connectivity index (χ0) is 26.0. The van der Waals surface area contributed by atoms with Crippen molar-refractivity contribution in [2.24, 2.45) is 0 Å². The maximum Gasteiger partial charge on any atom is 0.445 e. The summed E-state index contributed by atoms with van der Waals surface area (Å²) < 4.78 is 100. The van der Waals surface area contributed by atoms with Crippen LogP contribution in [0.15, 0.2) is 36.8 Å². The normalized spacial score (nSPS) is 14.0. The van der Waals surface area contributed by atoms with Gasteiger partial charge in [0.25, 0.3) is 6.36 Å². The molecule has 0 saturated heterocycles. The zero-order valence-corrected chi connectivity index (χ0v) is 18.0. The average Bonchev–Trinajstić information content (AvgIpc) is 3.21. The molecule has 0 aliphatic rings. The van der Waals surface area contributed by atoms with Crippen LogP contribution in [-0.4, -0.2) is 50.4 Å². The van der Waals surface area contributed by atoms with Crippen LogP contribution in [0.3, 0.4) is 0 Å². The fourth-order valence-electron chi connectivity index (χ4n) is 2.86. The van der Waals surface area contributed by atoms with Gasteiger partial charge < -0.3 is 24.5 Å². The summed E-state index contributed by atoms with van der Waals surface area (Å²) in [5.41, 5.74) is 0.0276. The van der Waals surface area contributed by atoms with Crippen LogP contribution in [-0.2, 0) is 11.3 Å². The molecule has 3 rings (SSSR count). The number of imidazole rings is 1. The van der Waals surface area contributed by atoms with E-state index in [1.807, 2.05) is 0 Å². The van der Waals surface area contributed by atoms with Crippen LogP contribution in [0.1, 0.15) is 23.2 Å². The minimum atomic E-state index is -5.34. The number of aromatic nitrogens is 4. The molecule has 15 heteroatoms. The Balaban J connectivity index is 1.92. The lowest BCUT2D eigenvalue weighted by molar-refractivity contribution is -0.268. The van der Waals surface area contributed by atoms with Gasteiger partial charge in [0.1, 0.15) is 5.75 Å². The van der Waals surface area contributed by atoms with Gasteiger partial charge in [-0.2, -0.15) is 26.3 Å². The molecule has 0 saturated carbocycles. The molecule has 8 nitrogen and oxygen atoms in total. The first-order valence-corrected chi connectivity index (χ1v) is 9.69. The number of nitrogens with zero attached hydrogens (tertiary/aromatic N) is 4. The molecule has 0 bridgehead atoms. The van der Waals surface area contributed by atoms with Gasteiger partial charge in [-0.25, -0.2) is 19.3 Å². The Morgan fingerprint density at radius 2 is 1.80 bits per heavy atom. The number of rotatable bonds is 8. The number of methoxy groups -OCH3 is 1. The molecule has 2 unspecified atom stereocenters. The van der Waals surface area contributed by atoms with Gasteiger partial charge in [-0.05, 0) is 25.1 Å². The van der Waals surface area contributed by atoms with Crippen molar-refractivity contribution in [3.63, 3.8) is 0 Å². The smallest absolute Gasteiger partial charge is 0.445 e. The number of hydrogen-bond acceptors (Lipinski definition) is 7. The number of halogens is 7. The van der Waals surface area contributed by atoms with Gasteiger partial charge in [0, 0.05) is 18.0 Å². The number of aryl methyl sites for hydroxylation is 1. The Morgan fingerprint density at radius 1 is 1.09 bits per heavy atom. The summed E-state index contributed by atoms with van der Waals surface area (Å²) in [6, 6.07) is 5.12. The Hall–Kier alpha value is -3.46. The molecule has 2 atom stereocenters. The van der Waals surface area contributed by atoms with Crippen molar-refractivity contribution >= 4 is 11.6 Å². The van der Waals surface area contributed by atoms with E-state index < -0.39 is 48.8 Å². The van der Waals surface area contributed by atoms with Crippen LogP contribution in [0.25, 0.3) is 5.69 Å². The maximum absolute atomic E-state index is 13.1. The molecule has 1 aromatic carbocycles. The Labute approximate surface area is 193 Å². The molecule has 0 radical (unpaired) electrons. The molecule has 2 heterocycles. The fraction of sp³-hybridized carbons (Fsp3) is 0.350. The van der Waals surface area contributed by atoms with Crippen molar-refractivity contribution in [1.82, 2.24) is 19.5 Å². The van der Waals surface area contributed by atoms with Gasteiger partial charge >= 0.3 is 12.4 Å². The second-order valence-corrected chi connectivity index (χ2v) is 7.15. The number of ether oxygens (including phenoxy) is 2. The molecule has 0 aliphatic carbocycles. The van der Waals surface area contributed by atoms with Crippen molar-refractivity contribution in [3.8, 4) is 11.4 Å². The van der Waals surface area contributed by atoms with Crippen LogP contribution in [0.4, 0.5) is 42.4 Å². The summed E-state index contributed by atoms with van der Waals surface area (Å²) in [6.07, 6.45) is -14.0. The first-order chi connectivity index (χ1) is 16.3. The molecule has 0 spiro atoms. The van der Waals surface area contributed by atoms with E-state index in [9.17, 15) is 35.8 Å². The van der Waals surface area contributed by atoms with Crippen LogP contribution >= 0.6 is 0 Å². The summed E-state index contributed by atoms with van der Waals surface area (Å²) in [5, 5.41) is 12.1. The molecular weight excluding hydrogens is 491 g/mol. The lowest BCUT2D eigenvalue weighted by Gasteiger charge is -2.17. The van der Waals surface area contributed by atoms with Gasteiger partial charge in [-0.3, -0.25) is 0 Å². The van der Waals surface area contributed by atoms with Crippen molar-refractivity contribution in [2.75, 3.05) is 12.4 Å². The molecule has 0 aliphatic heterocycles. The number of anilines is 2. The summed E-state index contributed by atoms with van der Waals surface area (Å²) >= 11 is 0. The van der Waals surface area contributed by atoms with Gasteiger partial charge in [0.15, 0.2) is 6.10 Å². The summed E-state index contributed by atoms with van der Waals surface area (Å²) in [7, 11) is 1.38. The number of aliphatic hydroxyl groups is 1. The predicted octanol–water partition coefficient (Wildman–Crippen LogP) is 4.69. The van der Waals surface area contributed by atoms with Gasteiger partial charge in [0.05, 0.1) is 42.8 Å². The molecule has 2 aromatic heterocycles. The SMILES string of the molecule is COc1cc(Nc2nc(COC(F)C(F)(F)F)cc(C(O)C(F)(F)F)n2)ccc1-n1cnc(C)c1. The lowest BCUT2D eigenvalue weighted by atomic mass is 10.2. The van der Waals surface area contributed by atoms with E-state index in [2.05, 4.69) is 25.0 Å². The average molecular weight is 509 g/mol.